The predicted octanol–water partition coefficient (Wildman–Crippen LogP) is -0.740. The molecule has 0 bridgehead atoms. The van der Waals surface area contributed by atoms with Crippen molar-refractivity contribution in [3.63, 3.8) is 0 Å². The van der Waals surface area contributed by atoms with Crippen LogP contribution in [0.25, 0.3) is 0 Å². The van der Waals surface area contributed by atoms with E-state index in [1.54, 1.807) is 6.92 Å². The Bertz CT molecular complexity index is 342. The van der Waals surface area contributed by atoms with Crippen molar-refractivity contribution in [2.24, 2.45) is 0 Å². The van der Waals surface area contributed by atoms with Crippen LogP contribution in [0.5, 0.6) is 0 Å². The molecule has 1 aromatic carbocycles. The SMILES string of the molecule is C/C([O-])=C/C(C)[Si](C)(C)c1ccccc1.[Li+]. The van der Waals surface area contributed by atoms with Crippen LogP contribution in [0.4, 0.5) is 0 Å². The molecule has 1 atom stereocenters. The van der Waals surface area contributed by atoms with Crippen molar-refractivity contribution in [1.82, 2.24) is 0 Å². The van der Waals surface area contributed by atoms with E-state index in [9.17, 15) is 5.11 Å². The van der Waals surface area contributed by atoms with E-state index in [1.807, 2.05) is 12.1 Å². The first-order valence-corrected chi connectivity index (χ1v) is 8.43. The average Bonchev–Trinajstić information content (AvgIpc) is 2.18. The number of hydrogen-bond acceptors (Lipinski definition) is 1. The van der Waals surface area contributed by atoms with Crippen molar-refractivity contribution in [3.8, 4) is 0 Å². The summed E-state index contributed by atoms with van der Waals surface area (Å²) in [6.07, 6.45) is 1.86. The normalized spacial score (nSPS) is 14.1. The first-order chi connectivity index (χ1) is 6.94. The van der Waals surface area contributed by atoms with E-state index >= 15 is 0 Å². The van der Waals surface area contributed by atoms with Gasteiger partial charge >= 0.3 is 18.9 Å². The van der Waals surface area contributed by atoms with Gasteiger partial charge in [-0.15, -0.1) is 5.76 Å². The van der Waals surface area contributed by atoms with Crippen molar-refractivity contribution in [2.45, 2.75) is 32.5 Å². The standard InChI is InChI=1S/C13H20OSi.Li/c1-11(14)10-12(2)15(3,4)13-8-6-5-7-9-13;/h5-10,12,14H,1-4H3;/q;+1/p-1/b11-10-;. The first-order valence-electron chi connectivity index (χ1n) is 5.35. The van der Waals surface area contributed by atoms with Gasteiger partial charge in [-0.2, -0.15) is 0 Å². The summed E-state index contributed by atoms with van der Waals surface area (Å²) in [6.45, 7) is 8.41. The van der Waals surface area contributed by atoms with Crippen LogP contribution in [-0.2, 0) is 0 Å². The van der Waals surface area contributed by atoms with Gasteiger partial charge in [-0.25, -0.2) is 0 Å². The average molecular weight is 226 g/mol. The summed E-state index contributed by atoms with van der Waals surface area (Å²) in [4.78, 5) is 0. The Morgan fingerprint density at radius 2 is 1.75 bits per heavy atom. The molecule has 0 spiro atoms. The summed E-state index contributed by atoms with van der Waals surface area (Å²) in [5, 5.41) is 12.5. The van der Waals surface area contributed by atoms with Gasteiger partial charge in [-0.1, -0.05) is 68.5 Å². The van der Waals surface area contributed by atoms with Crippen LogP contribution in [-0.4, -0.2) is 8.07 Å². The molecule has 16 heavy (non-hydrogen) atoms. The van der Waals surface area contributed by atoms with E-state index in [2.05, 4.69) is 44.3 Å². The van der Waals surface area contributed by atoms with Crippen LogP contribution >= 0.6 is 0 Å². The van der Waals surface area contributed by atoms with Crippen LogP contribution in [0, 0.1) is 0 Å². The maximum Gasteiger partial charge on any atom is 1.00 e. The smallest absolute Gasteiger partial charge is 0.876 e. The van der Waals surface area contributed by atoms with Gasteiger partial charge in [0, 0.05) is 0 Å². The molecule has 0 aliphatic heterocycles. The zero-order valence-electron chi connectivity index (χ0n) is 10.9. The maximum absolute atomic E-state index is 11.1. The maximum atomic E-state index is 11.1. The molecular formula is C13H19LiOSi. The largest absolute Gasteiger partial charge is 1.00 e. The van der Waals surface area contributed by atoms with E-state index < -0.39 is 8.07 Å². The molecule has 0 saturated carbocycles. The summed E-state index contributed by atoms with van der Waals surface area (Å²) in [5.74, 6) is 0.180. The molecule has 0 heterocycles. The molecule has 82 valence electrons. The van der Waals surface area contributed by atoms with Gasteiger partial charge in [0.25, 0.3) is 0 Å². The summed E-state index contributed by atoms with van der Waals surface area (Å²) < 4.78 is 0. The minimum atomic E-state index is -1.52. The molecule has 1 rings (SSSR count). The van der Waals surface area contributed by atoms with E-state index in [-0.39, 0.29) is 24.6 Å². The van der Waals surface area contributed by atoms with Gasteiger partial charge in [-0.3, -0.25) is 0 Å². The van der Waals surface area contributed by atoms with Crippen molar-refractivity contribution >= 4 is 13.3 Å². The van der Waals surface area contributed by atoms with Gasteiger partial charge < -0.3 is 5.11 Å². The van der Waals surface area contributed by atoms with Gasteiger partial charge in [0.1, 0.15) is 0 Å². The van der Waals surface area contributed by atoms with E-state index in [0.29, 0.717) is 5.54 Å². The molecule has 0 radical (unpaired) electrons. The molecule has 0 amide bonds. The summed E-state index contributed by atoms with van der Waals surface area (Å²) >= 11 is 0. The quantitative estimate of drug-likeness (QED) is 0.492. The van der Waals surface area contributed by atoms with Crippen LogP contribution in [0.15, 0.2) is 42.2 Å². The number of benzene rings is 1. The Morgan fingerprint density at radius 3 is 2.19 bits per heavy atom. The Hall–Kier alpha value is -0.426. The van der Waals surface area contributed by atoms with Gasteiger partial charge in [-0.05, 0) is 5.54 Å². The fraction of sp³-hybridized carbons (Fsp3) is 0.385. The fourth-order valence-electron chi connectivity index (χ4n) is 1.69. The fourth-order valence-corrected chi connectivity index (χ4v) is 3.92. The second-order valence-electron chi connectivity index (χ2n) is 4.65. The number of hydrogen-bond donors (Lipinski definition) is 0. The van der Waals surface area contributed by atoms with Gasteiger partial charge in [0.05, 0.1) is 8.07 Å². The van der Waals surface area contributed by atoms with Crippen molar-refractivity contribution in [1.29, 1.82) is 0 Å². The third-order valence-corrected chi connectivity index (χ3v) is 7.41. The molecule has 0 aliphatic rings. The topological polar surface area (TPSA) is 23.1 Å². The Kier molecular flexibility index (Phi) is 6.18. The molecule has 3 heteroatoms. The Labute approximate surface area is 112 Å². The molecule has 0 N–H and O–H groups in total. The number of rotatable bonds is 3. The number of allylic oxidation sites excluding steroid dienone is 2. The van der Waals surface area contributed by atoms with Gasteiger partial charge in [0.15, 0.2) is 0 Å². The van der Waals surface area contributed by atoms with Crippen LogP contribution in [0.2, 0.25) is 18.6 Å². The Morgan fingerprint density at radius 1 is 1.25 bits per heavy atom. The van der Waals surface area contributed by atoms with Crippen LogP contribution in [0.3, 0.4) is 0 Å². The van der Waals surface area contributed by atoms with Crippen molar-refractivity contribution in [2.75, 3.05) is 0 Å². The molecular weight excluding hydrogens is 207 g/mol. The molecule has 1 unspecified atom stereocenters. The van der Waals surface area contributed by atoms with E-state index in [4.69, 9.17) is 0 Å². The summed E-state index contributed by atoms with van der Waals surface area (Å²) in [6, 6.07) is 10.5. The minimum Gasteiger partial charge on any atom is -0.876 e. The van der Waals surface area contributed by atoms with E-state index in [0.717, 1.165) is 0 Å². The molecule has 1 nitrogen and oxygen atoms in total. The molecule has 0 fully saturated rings. The molecule has 1 aromatic rings. The van der Waals surface area contributed by atoms with Crippen molar-refractivity contribution < 1.29 is 24.0 Å². The van der Waals surface area contributed by atoms with Gasteiger partial charge in [0.2, 0.25) is 0 Å². The second kappa shape index (κ2) is 6.34. The minimum absolute atomic E-state index is 0. The monoisotopic (exact) mass is 226 g/mol. The van der Waals surface area contributed by atoms with Crippen LogP contribution < -0.4 is 29.2 Å². The molecule has 0 aliphatic carbocycles. The third-order valence-electron chi connectivity index (χ3n) is 3.14. The second-order valence-corrected chi connectivity index (χ2v) is 9.59. The summed E-state index contributed by atoms with van der Waals surface area (Å²) in [5.41, 5.74) is 0.386. The zero-order chi connectivity index (χ0) is 11.5. The third kappa shape index (κ3) is 3.86. The first kappa shape index (κ1) is 15.6. The van der Waals surface area contributed by atoms with Crippen molar-refractivity contribution in [3.05, 3.63) is 42.2 Å². The van der Waals surface area contributed by atoms with Crippen LogP contribution in [0.1, 0.15) is 13.8 Å². The predicted molar refractivity (Wildman–Crippen MR) is 66.7 cm³/mol. The Balaban J connectivity index is 0.00000225. The summed E-state index contributed by atoms with van der Waals surface area (Å²) in [7, 11) is -1.52. The molecule has 0 aromatic heterocycles. The van der Waals surface area contributed by atoms with E-state index in [1.165, 1.54) is 5.19 Å². The molecule has 0 saturated heterocycles. The zero-order valence-corrected chi connectivity index (χ0v) is 11.9.